The minimum Gasteiger partial charge on any atom is -0.456 e. The molecule has 0 unspecified atom stereocenters. The third-order valence-corrected chi connectivity index (χ3v) is 20.2. The van der Waals surface area contributed by atoms with E-state index in [-0.39, 0.29) is 23.1 Å². The Labute approximate surface area is 507 Å². The number of fused-ring (bicyclic) bond motifs is 10. The zero-order valence-electron chi connectivity index (χ0n) is 50.8. The van der Waals surface area contributed by atoms with Gasteiger partial charge in [0.1, 0.15) is 11.2 Å². The summed E-state index contributed by atoms with van der Waals surface area (Å²) in [6.45, 7) is 21.2. The Balaban J connectivity index is 1.03. The van der Waals surface area contributed by atoms with Gasteiger partial charge < -0.3 is 19.0 Å². The molecule has 4 aliphatic rings. The van der Waals surface area contributed by atoms with Gasteiger partial charge in [-0.15, -0.1) is 0 Å². The Bertz CT molecular complexity index is 4660. The average Bonchev–Trinajstić information content (AvgIpc) is 0.804. The summed E-state index contributed by atoms with van der Waals surface area (Å²) < 4.78 is 6.47. The van der Waals surface area contributed by atoms with Crippen molar-refractivity contribution in [2.45, 2.75) is 96.8 Å². The predicted molar refractivity (Wildman–Crippen MR) is 363 cm³/mol. The molecule has 86 heavy (non-hydrogen) atoms. The van der Waals surface area contributed by atoms with Gasteiger partial charge in [-0.25, -0.2) is 0 Å². The molecule has 0 bridgehead atoms. The van der Waals surface area contributed by atoms with Gasteiger partial charge in [0.15, 0.2) is 0 Å². The van der Waals surface area contributed by atoms with Gasteiger partial charge in [-0.3, -0.25) is 0 Å². The van der Waals surface area contributed by atoms with E-state index in [4.69, 9.17) is 4.42 Å². The Kier molecular flexibility index (Phi) is 11.4. The van der Waals surface area contributed by atoms with Crippen LogP contribution in [0, 0.1) is 13.8 Å². The Morgan fingerprint density at radius 2 is 1.06 bits per heavy atom. The first-order valence-corrected chi connectivity index (χ1v) is 30.9. The van der Waals surface area contributed by atoms with Crippen molar-refractivity contribution in [2.75, 3.05) is 14.6 Å². The maximum absolute atomic E-state index is 6.47. The van der Waals surface area contributed by atoms with Crippen LogP contribution in [0.4, 0.5) is 45.5 Å². The van der Waals surface area contributed by atoms with Crippen molar-refractivity contribution < 1.29 is 4.42 Å². The molecule has 3 aliphatic heterocycles. The summed E-state index contributed by atoms with van der Waals surface area (Å²) in [6, 6.07) is 90.2. The van der Waals surface area contributed by atoms with Gasteiger partial charge in [-0.1, -0.05) is 200 Å². The van der Waals surface area contributed by atoms with Crippen molar-refractivity contribution in [2.24, 2.45) is 0 Å². The summed E-state index contributed by atoms with van der Waals surface area (Å²) in [5, 5.41) is 2.20. The zero-order chi connectivity index (χ0) is 58.6. The first kappa shape index (κ1) is 52.3. The number of hydrogen-bond acceptors (Lipinski definition) is 4. The molecule has 0 spiro atoms. The van der Waals surface area contributed by atoms with E-state index in [0.29, 0.717) is 0 Å². The number of anilines is 8. The maximum Gasteiger partial charge on any atom is 0.333 e. The van der Waals surface area contributed by atoms with E-state index in [2.05, 4.69) is 314 Å². The van der Waals surface area contributed by atoms with Crippen LogP contribution in [0.15, 0.2) is 241 Å². The molecule has 418 valence electrons. The van der Waals surface area contributed by atoms with Gasteiger partial charge >= 0.3 is 6.85 Å². The van der Waals surface area contributed by atoms with Gasteiger partial charge in [0.2, 0.25) is 0 Å². The Morgan fingerprint density at radius 3 is 1.74 bits per heavy atom. The lowest BCUT2D eigenvalue weighted by atomic mass is 9.42. The first-order valence-electron chi connectivity index (χ1n) is 30.9. The lowest BCUT2D eigenvalue weighted by Crippen LogP contribution is -2.62. The largest absolute Gasteiger partial charge is 0.456 e. The van der Waals surface area contributed by atoms with Gasteiger partial charge in [-0.05, 0) is 206 Å². The van der Waals surface area contributed by atoms with Crippen LogP contribution in [0.25, 0.3) is 44.2 Å². The molecule has 4 nitrogen and oxygen atoms in total. The average molecular weight is 1110 g/mol. The summed E-state index contributed by atoms with van der Waals surface area (Å²) >= 11 is 0. The standard InChI is InChI=1S/C81H70BN3O/c1-51-23-21-24-52(2)75(51)53-45-64-62-47-59(83(57-37-35-54(36-38-57)78(3,4)5)60-40-42-74-63(48-60)61-31-19-20-34-73(61)86-74)39-41-70(62)85(58-29-17-12-18-30-58)82-69-33-22-32-65-77(69)84(72(46-53)76(64)82)71-50-67-66(79(6,7)43-44-80(67,8)9)49-68(71)81(65,55-25-13-10-14-26-55)56-27-15-11-16-28-56/h10-42,45-50H,43-44H2,1-9H3. The van der Waals surface area contributed by atoms with Crippen molar-refractivity contribution in [3.8, 4) is 22.3 Å². The number of hydrogen-bond donors (Lipinski definition) is 0. The van der Waals surface area contributed by atoms with Crippen LogP contribution < -0.4 is 25.5 Å². The second-order valence-electron chi connectivity index (χ2n) is 27.2. The predicted octanol–water partition coefficient (Wildman–Crippen LogP) is 20.4. The molecule has 0 amide bonds. The van der Waals surface area contributed by atoms with Crippen LogP contribution in [0.3, 0.4) is 0 Å². The monoisotopic (exact) mass is 1110 g/mol. The van der Waals surface area contributed by atoms with E-state index in [0.717, 1.165) is 57.5 Å². The van der Waals surface area contributed by atoms with Gasteiger partial charge in [-0.2, -0.15) is 0 Å². The topological polar surface area (TPSA) is 22.9 Å². The van der Waals surface area contributed by atoms with E-state index >= 15 is 0 Å². The minimum absolute atomic E-state index is 0.00814. The molecule has 0 saturated heterocycles. The highest BCUT2D eigenvalue weighted by atomic mass is 16.3. The molecule has 0 saturated carbocycles. The van der Waals surface area contributed by atoms with Crippen LogP contribution in [-0.2, 0) is 21.7 Å². The minimum atomic E-state index is -0.670. The smallest absolute Gasteiger partial charge is 0.333 e. The van der Waals surface area contributed by atoms with E-state index in [9.17, 15) is 0 Å². The summed E-state index contributed by atoms with van der Waals surface area (Å²) in [5.41, 5.74) is 29.7. The molecular formula is C81H70BN3O. The summed E-state index contributed by atoms with van der Waals surface area (Å²) in [6.07, 6.45) is 2.24. The fourth-order valence-corrected chi connectivity index (χ4v) is 15.8. The van der Waals surface area contributed by atoms with Crippen molar-refractivity contribution in [1.82, 2.24) is 0 Å². The van der Waals surface area contributed by atoms with E-state index in [1.165, 1.54) is 106 Å². The fraction of sp³-hybridized carbons (Fsp3) is 0.185. The Morgan fingerprint density at radius 1 is 0.465 bits per heavy atom. The number of nitrogens with zero attached hydrogens (tertiary/aromatic N) is 3. The molecule has 11 aromatic carbocycles. The van der Waals surface area contributed by atoms with Crippen LogP contribution in [0.1, 0.15) is 111 Å². The van der Waals surface area contributed by atoms with E-state index < -0.39 is 5.41 Å². The molecule has 0 N–H and O–H groups in total. The molecule has 5 heteroatoms. The highest BCUT2D eigenvalue weighted by Crippen LogP contribution is 2.62. The van der Waals surface area contributed by atoms with Crippen molar-refractivity contribution in [3.05, 3.63) is 287 Å². The van der Waals surface area contributed by atoms with Gasteiger partial charge in [0, 0.05) is 56.1 Å². The summed E-state index contributed by atoms with van der Waals surface area (Å²) in [4.78, 5) is 7.87. The molecule has 0 fully saturated rings. The number of rotatable bonds is 7. The molecule has 4 heterocycles. The van der Waals surface area contributed by atoms with Crippen LogP contribution in [-0.4, -0.2) is 6.85 Å². The zero-order valence-corrected chi connectivity index (χ0v) is 50.8. The number of aryl methyl sites for hydroxylation is 2. The quantitative estimate of drug-likeness (QED) is 0.148. The molecule has 0 radical (unpaired) electrons. The van der Waals surface area contributed by atoms with Crippen LogP contribution >= 0.6 is 0 Å². The van der Waals surface area contributed by atoms with Crippen molar-refractivity contribution >= 4 is 85.2 Å². The molecule has 0 atom stereocenters. The maximum atomic E-state index is 6.47. The molecule has 16 rings (SSSR count). The van der Waals surface area contributed by atoms with Gasteiger partial charge in [0.25, 0.3) is 0 Å². The molecule has 1 aromatic heterocycles. The fourth-order valence-electron chi connectivity index (χ4n) is 15.8. The summed E-state index contributed by atoms with van der Waals surface area (Å²) in [5.74, 6) is 0. The second kappa shape index (κ2) is 18.8. The number of para-hydroxylation sites is 3. The SMILES string of the molecule is Cc1cccc(C)c1-c1cc2c3c(c1)N1c4cc5c(cc4C(c4ccccc4)(c4ccccc4)c4cccc(c41)B3N(c1ccccc1)c1ccc(N(c3ccc(C(C)(C)C)cc3)c3ccc4oc6ccccc6c4c3)cc1-2)C(C)(C)CCC5(C)C. The van der Waals surface area contributed by atoms with E-state index in [1.54, 1.807) is 0 Å². The van der Waals surface area contributed by atoms with Gasteiger partial charge in [0.05, 0.1) is 11.1 Å². The lowest BCUT2D eigenvalue weighted by molar-refractivity contribution is 0.331. The molecule has 1 aliphatic carbocycles. The van der Waals surface area contributed by atoms with Crippen LogP contribution in [0.5, 0.6) is 0 Å². The normalized spacial score (nSPS) is 15.6. The summed E-state index contributed by atoms with van der Waals surface area (Å²) in [7, 11) is 0. The third-order valence-electron chi connectivity index (χ3n) is 20.2. The Hall–Kier alpha value is -9.32. The molecular weight excluding hydrogens is 1040 g/mol. The van der Waals surface area contributed by atoms with Crippen LogP contribution in [0.2, 0.25) is 0 Å². The van der Waals surface area contributed by atoms with E-state index in [1.807, 2.05) is 0 Å². The van der Waals surface area contributed by atoms with Crippen molar-refractivity contribution in [3.63, 3.8) is 0 Å². The highest BCUT2D eigenvalue weighted by Gasteiger charge is 2.54. The number of furan rings is 1. The third kappa shape index (κ3) is 7.62. The molecule has 12 aromatic rings. The highest BCUT2D eigenvalue weighted by molar-refractivity contribution is 6.93. The first-order chi connectivity index (χ1) is 41.6. The number of benzene rings is 11. The van der Waals surface area contributed by atoms with Crippen molar-refractivity contribution in [1.29, 1.82) is 0 Å². The lowest BCUT2D eigenvalue weighted by Gasteiger charge is -2.53. The second-order valence-corrected chi connectivity index (χ2v) is 27.2.